The van der Waals surface area contributed by atoms with Crippen LogP contribution in [-0.4, -0.2) is 26.2 Å². The third-order valence-electron chi connectivity index (χ3n) is 4.37. The highest BCUT2D eigenvalue weighted by molar-refractivity contribution is 5.78. The van der Waals surface area contributed by atoms with Gasteiger partial charge in [0.05, 0.1) is 14.2 Å². The van der Waals surface area contributed by atoms with Crippen LogP contribution in [0.1, 0.15) is 36.3 Å². The van der Waals surface area contributed by atoms with E-state index in [0.717, 1.165) is 35.5 Å². The lowest BCUT2D eigenvalue weighted by atomic mass is 9.88. The fourth-order valence-corrected chi connectivity index (χ4v) is 2.80. The van der Waals surface area contributed by atoms with Crippen LogP contribution in [0.3, 0.4) is 0 Å². The maximum atomic E-state index is 12.3. The Balaban J connectivity index is 1.84. The molecule has 1 N–H and O–H groups in total. The lowest BCUT2D eigenvalue weighted by Crippen LogP contribution is -2.27. The second-order valence-corrected chi connectivity index (χ2v) is 6.14. The summed E-state index contributed by atoms with van der Waals surface area (Å²) >= 11 is 0. The summed E-state index contributed by atoms with van der Waals surface area (Å²) in [6.45, 7) is 0. The lowest BCUT2D eigenvalue weighted by molar-refractivity contribution is -0.121. The number of methoxy groups -OCH3 is 2. The van der Waals surface area contributed by atoms with E-state index in [1.807, 2.05) is 48.5 Å². The van der Waals surface area contributed by atoms with Gasteiger partial charge in [0, 0.05) is 18.4 Å². The van der Waals surface area contributed by atoms with E-state index in [9.17, 15) is 4.79 Å². The largest absolute Gasteiger partial charge is 0.497 e. The topological polar surface area (TPSA) is 47.6 Å². The highest BCUT2D eigenvalue weighted by Crippen LogP contribution is 2.31. The first-order chi connectivity index (χ1) is 11.7. The standard InChI is InChI=1S/C20H23NO3/c1-23-17-9-3-14(4-10-17)19(13-20(22)21-16-7-8-16)15-5-11-18(24-2)12-6-15/h3-6,9-12,16,19H,7-8,13H2,1-2H3,(H,21,22). The van der Waals surface area contributed by atoms with Crippen LogP contribution in [0, 0.1) is 0 Å². The maximum Gasteiger partial charge on any atom is 0.221 e. The Bertz CT molecular complexity index is 628. The first-order valence-electron chi connectivity index (χ1n) is 8.27. The number of amides is 1. The molecule has 0 unspecified atom stereocenters. The number of rotatable bonds is 7. The van der Waals surface area contributed by atoms with E-state index in [2.05, 4.69) is 5.32 Å². The van der Waals surface area contributed by atoms with E-state index in [0.29, 0.717) is 12.5 Å². The second-order valence-electron chi connectivity index (χ2n) is 6.14. The van der Waals surface area contributed by atoms with Gasteiger partial charge in [-0.2, -0.15) is 0 Å². The first kappa shape index (κ1) is 16.4. The third-order valence-corrected chi connectivity index (χ3v) is 4.37. The van der Waals surface area contributed by atoms with Crippen LogP contribution in [0.2, 0.25) is 0 Å². The van der Waals surface area contributed by atoms with E-state index in [1.54, 1.807) is 14.2 Å². The van der Waals surface area contributed by atoms with E-state index < -0.39 is 0 Å². The number of ether oxygens (including phenoxy) is 2. The Hall–Kier alpha value is -2.49. The fraction of sp³-hybridized carbons (Fsp3) is 0.350. The molecule has 2 aromatic rings. The van der Waals surface area contributed by atoms with Crippen molar-refractivity contribution in [1.29, 1.82) is 0 Å². The lowest BCUT2D eigenvalue weighted by Gasteiger charge is -2.18. The molecule has 126 valence electrons. The van der Waals surface area contributed by atoms with Crippen molar-refractivity contribution in [3.8, 4) is 11.5 Å². The first-order valence-corrected chi connectivity index (χ1v) is 8.27. The van der Waals surface area contributed by atoms with Gasteiger partial charge >= 0.3 is 0 Å². The van der Waals surface area contributed by atoms with Gasteiger partial charge in [0.25, 0.3) is 0 Å². The molecule has 2 aromatic carbocycles. The van der Waals surface area contributed by atoms with Gasteiger partial charge in [-0.1, -0.05) is 24.3 Å². The molecule has 3 rings (SSSR count). The van der Waals surface area contributed by atoms with Crippen LogP contribution >= 0.6 is 0 Å². The maximum absolute atomic E-state index is 12.3. The highest BCUT2D eigenvalue weighted by atomic mass is 16.5. The van der Waals surface area contributed by atoms with E-state index in [-0.39, 0.29) is 11.8 Å². The van der Waals surface area contributed by atoms with Gasteiger partial charge < -0.3 is 14.8 Å². The zero-order chi connectivity index (χ0) is 16.9. The van der Waals surface area contributed by atoms with Crippen molar-refractivity contribution in [2.75, 3.05) is 14.2 Å². The molecule has 0 aliphatic heterocycles. The minimum absolute atomic E-state index is 0.0144. The van der Waals surface area contributed by atoms with Crippen molar-refractivity contribution < 1.29 is 14.3 Å². The number of carbonyl (C=O) groups excluding carboxylic acids is 1. The smallest absolute Gasteiger partial charge is 0.221 e. The predicted octanol–water partition coefficient (Wildman–Crippen LogP) is 3.50. The minimum atomic E-state index is 0.0144. The molecule has 0 spiro atoms. The Morgan fingerprint density at radius 3 is 1.79 bits per heavy atom. The third kappa shape index (κ3) is 4.07. The van der Waals surface area contributed by atoms with Crippen molar-refractivity contribution in [2.45, 2.75) is 31.2 Å². The average Bonchev–Trinajstić information content (AvgIpc) is 3.44. The number of nitrogens with one attached hydrogen (secondary N) is 1. The normalized spacial score (nSPS) is 13.6. The second kappa shape index (κ2) is 7.39. The van der Waals surface area contributed by atoms with E-state index >= 15 is 0 Å². The molecule has 1 fully saturated rings. The fourth-order valence-electron chi connectivity index (χ4n) is 2.80. The molecule has 0 bridgehead atoms. The van der Waals surface area contributed by atoms with Gasteiger partial charge in [0.1, 0.15) is 11.5 Å². The van der Waals surface area contributed by atoms with E-state index in [4.69, 9.17) is 9.47 Å². The molecule has 0 aromatic heterocycles. The summed E-state index contributed by atoms with van der Waals surface area (Å²) < 4.78 is 10.5. The Morgan fingerprint density at radius 2 is 1.42 bits per heavy atom. The number of hydrogen-bond acceptors (Lipinski definition) is 3. The van der Waals surface area contributed by atoms with Gasteiger partial charge in [0.2, 0.25) is 5.91 Å². The molecule has 0 saturated heterocycles. The molecule has 1 amide bonds. The van der Waals surface area contributed by atoms with Crippen LogP contribution in [-0.2, 0) is 4.79 Å². The van der Waals surface area contributed by atoms with Gasteiger partial charge in [-0.05, 0) is 48.2 Å². The highest BCUT2D eigenvalue weighted by Gasteiger charge is 2.25. The summed E-state index contributed by atoms with van der Waals surface area (Å²) in [5.74, 6) is 1.75. The van der Waals surface area contributed by atoms with Crippen molar-refractivity contribution in [1.82, 2.24) is 5.32 Å². The molecule has 4 heteroatoms. The molecule has 4 nitrogen and oxygen atoms in total. The monoisotopic (exact) mass is 325 g/mol. The zero-order valence-electron chi connectivity index (χ0n) is 14.1. The van der Waals surface area contributed by atoms with Gasteiger partial charge in [-0.3, -0.25) is 4.79 Å². The van der Waals surface area contributed by atoms with Crippen molar-refractivity contribution in [3.63, 3.8) is 0 Å². The summed E-state index contributed by atoms with van der Waals surface area (Å²) in [5, 5.41) is 3.08. The number of hydrogen-bond donors (Lipinski definition) is 1. The van der Waals surface area contributed by atoms with Crippen LogP contribution in [0.25, 0.3) is 0 Å². The minimum Gasteiger partial charge on any atom is -0.497 e. The number of benzene rings is 2. The molecule has 1 aliphatic rings. The molecular formula is C20H23NO3. The SMILES string of the molecule is COc1ccc(C(CC(=O)NC2CC2)c2ccc(OC)cc2)cc1. The molecule has 0 atom stereocenters. The molecule has 24 heavy (non-hydrogen) atoms. The average molecular weight is 325 g/mol. The van der Waals surface area contributed by atoms with Crippen LogP contribution in [0.4, 0.5) is 0 Å². The van der Waals surface area contributed by atoms with E-state index in [1.165, 1.54) is 0 Å². The Kier molecular flexibility index (Phi) is 5.04. The molecular weight excluding hydrogens is 302 g/mol. The van der Waals surface area contributed by atoms with Crippen LogP contribution in [0.5, 0.6) is 11.5 Å². The summed E-state index contributed by atoms with van der Waals surface area (Å²) in [6, 6.07) is 16.2. The van der Waals surface area contributed by atoms with Gasteiger partial charge in [0.15, 0.2) is 0 Å². The predicted molar refractivity (Wildman–Crippen MR) is 93.6 cm³/mol. The van der Waals surface area contributed by atoms with Gasteiger partial charge in [-0.15, -0.1) is 0 Å². The van der Waals surface area contributed by atoms with Gasteiger partial charge in [-0.25, -0.2) is 0 Å². The van der Waals surface area contributed by atoms with Crippen LogP contribution < -0.4 is 14.8 Å². The zero-order valence-corrected chi connectivity index (χ0v) is 14.1. The molecule has 1 saturated carbocycles. The Labute approximate surface area is 142 Å². The van der Waals surface area contributed by atoms with Crippen molar-refractivity contribution in [2.24, 2.45) is 0 Å². The van der Waals surface area contributed by atoms with Crippen molar-refractivity contribution >= 4 is 5.91 Å². The molecule has 1 aliphatic carbocycles. The van der Waals surface area contributed by atoms with Crippen molar-refractivity contribution in [3.05, 3.63) is 59.7 Å². The number of carbonyl (C=O) groups is 1. The summed E-state index contributed by atoms with van der Waals surface area (Å²) in [5.41, 5.74) is 2.21. The summed E-state index contributed by atoms with van der Waals surface area (Å²) in [4.78, 5) is 12.3. The summed E-state index contributed by atoms with van der Waals surface area (Å²) in [7, 11) is 3.30. The molecule has 0 radical (unpaired) electrons. The molecule has 0 heterocycles. The summed E-state index contributed by atoms with van der Waals surface area (Å²) in [6.07, 6.45) is 2.64. The van der Waals surface area contributed by atoms with Crippen LogP contribution in [0.15, 0.2) is 48.5 Å². The Morgan fingerprint density at radius 1 is 0.958 bits per heavy atom. The quantitative estimate of drug-likeness (QED) is 0.847.